The number of hydrogen-bond acceptors (Lipinski definition) is 7. The molecule has 1 N–H and O–H groups in total. The number of ether oxygens (including phenoxy) is 4. The van der Waals surface area contributed by atoms with Gasteiger partial charge in [0.05, 0.1) is 40.1 Å². The number of Topliss-reactive ketones (excluding diaryl/α,β-unsaturated/α-hetero) is 1. The number of aliphatic hydroxyl groups is 1. The van der Waals surface area contributed by atoms with Crippen LogP contribution in [0.3, 0.4) is 0 Å². The minimum atomic E-state index is -0.952. The molecule has 4 rings (SSSR count). The molecule has 3 aromatic carbocycles. The molecule has 1 aliphatic heterocycles. The van der Waals surface area contributed by atoms with E-state index in [9.17, 15) is 14.7 Å². The van der Waals surface area contributed by atoms with Gasteiger partial charge in [0.1, 0.15) is 28.8 Å². The van der Waals surface area contributed by atoms with E-state index in [4.69, 9.17) is 18.9 Å². The van der Waals surface area contributed by atoms with Gasteiger partial charge in [-0.15, -0.1) is 0 Å². The van der Waals surface area contributed by atoms with E-state index < -0.39 is 17.7 Å². The number of anilines is 1. The van der Waals surface area contributed by atoms with Crippen LogP contribution in [0.1, 0.15) is 17.2 Å². The van der Waals surface area contributed by atoms with E-state index >= 15 is 0 Å². The summed E-state index contributed by atoms with van der Waals surface area (Å²) >= 11 is 0. The smallest absolute Gasteiger partial charge is 0.300 e. The largest absolute Gasteiger partial charge is 0.507 e. The molecular formula is C27H25NO7. The molecule has 0 saturated carbocycles. The Morgan fingerprint density at radius 2 is 1.29 bits per heavy atom. The van der Waals surface area contributed by atoms with Crippen LogP contribution >= 0.6 is 0 Å². The fraction of sp³-hybridized carbons (Fsp3) is 0.185. The van der Waals surface area contributed by atoms with Crippen LogP contribution in [0.5, 0.6) is 23.0 Å². The minimum Gasteiger partial charge on any atom is -0.507 e. The molecule has 1 aliphatic rings. The lowest BCUT2D eigenvalue weighted by molar-refractivity contribution is -0.132. The highest BCUT2D eigenvalue weighted by atomic mass is 16.5. The van der Waals surface area contributed by atoms with Crippen molar-refractivity contribution in [2.75, 3.05) is 33.3 Å². The predicted molar refractivity (Wildman–Crippen MR) is 130 cm³/mol. The first-order chi connectivity index (χ1) is 16.9. The van der Waals surface area contributed by atoms with Gasteiger partial charge < -0.3 is 24.1 Å². The zero-order chi connectivity index (χ0) is 25.1. The molecule has 0 bridgehead atoms. The molecule has 0 radical (unpaired) electrons. The number of methoxy groups -OCH3 is 4. The van der Waals surface area contributed by atoms with Gasteiger partial charge in [-0.1, -0.05) is 0 Å². The van der Waals surface area contributed by atoms with Gasteiger partial charge in [0.2, 0.25) is 0 Å². The number of hydrogen-bond donors (Lipinski definition) is 1. The fourth-order valence-electron chi connectivity index (χ4n) is 4.08. The molecule has 3 aromatic rings. The Balaban J connectivity index is 1.95. The van der Waals surface area contributed by atoms with Gasteiger partial charge in [-0.25, -0.2) is 0 Å². The molecular weight excluding hydrogens is 450 g/mol. The molecule has 180 valence electrons. The van der Waals surface area contributed by atoms with E-state index in [0.29, 0.717) is 39.8 Å². The second kappa shape index (κ2) is 9.80. The van der Waals surface area contributed by atoms with E-state index in [1.54, 1.807) is 66.7 Å². The van der Waals surface area contributed by atoms with Crippen molar-refractivity contribution in [3.63, 3.8) is 0 Å². The average molecular weight is 475 g/mol. The first-order valence-corrected chi connectivity index (χ1v) is 10.7. The van der Waals surface area contributed by atoms with Crippen LogP contribution in [0, 0.1) is 0 Å². The van der Waals surface area contributed by atoms with Crippen molar-refractivity contribution < 1.29 is 33.6 Å². The van der Waals surface area contributed by atoms with Crippen LogP contribution in [0.15, 0.2) is 72.3 Å². The molecule has 0 spiro atoms. The highest BCUT2D eigenvalue weighted by molar-refractivity contribution is 6.51. The Labute approximate surface area is 202 Å². The van der Waals surface area contributed by atoms with Gasteiger partial charge in [0.25, 0.3) is 11.7 Å². The molecule has 1 fully saturated rings. The van der Waals surface area contributed by atoms with Gasteiger partial charge in [-0.05, 0) is 60.7 Å². The third-order valence-electron chi connectivity index (χ3n) is 5.89. The van der Waals surface area contributed by atoms with Crippen molar-refractivity contribution in [3.05, 3.63) is 83.4 Å². The van der Waals surface area contributed by atoms with Crippen LogP contribution in [-0.2, 0) is 9.59 Å². The monoisotopic (exact) mass is 475 g/mol. The van der Waals surface area contributed by atoms with Crippen molar-refractivity contribution in [1.29, 1.82) is 0 Å². The number of rotatable bonds is 7. The van der Waals surface area contributed by atoms with Gasteiger partial charge in [0.15, 0.2) is 0 Å². The minimum absolute atomic E-state index is 0.0561. The number of ketones is 1. The second-order valence-corrected chi connectivity index (χ2v) is 7.70. The van der Waals surface area contributed by atoms with E-state index in [0.717, 1.165) is 0 Å². The lowest BCUT2D eigenvalue weighted by Gasteiger charge is -2.27. The lowest BCUT2D eigenvalue weighted by atomic mass is 9.94. The first-order valence-electron chi connectivity index (χ1n) is 10.7. The quantitative estimate of drug-likeness (QED) is 0.308. The summed E-state index contributed by atoms with van der Waals surface area (Å²) in [6, 6.07) is 17.5. The van der Waals surface area contributed by atoms with Crippen LogP contribution in [0.4, 0.5) is 5.69 Å². The van der Waals surface area contributed by atoms with E-state index in [1.807, 2.05) is 0 Å². The Bertz CT molecular complexity index is 1280. The fourth-order valence-corrected chi connectivity index (χ4v) is 4.08. The first kappa shape index (κ1) is 23.7. The van der Waals surface area contributed by atoms with E-state index in [1.165, 1.54) is 33.3 Å². The Hall–Kier alpha value is -4.46. The van der Waals surface area contributed by atoms with Crippen molar-refractivity contribution in [1.82, 2.24) is 0 Å². The summed E-state index contributed by atoms with van der Waals surface area (Å²) in [6.07, 6.45) is 0. The standard InChI is InChI=1S/C27H25NO7/c1-32-18-9-5-16(6-10-18)25(29)23-24(21-14-13-20(34-3)15-22(21)35-4)28(27(31)26(23)30)17-7-11-19(33-2)12-8-17/h5-15,24,29H,1-4H3/b25-23+/t24-/m1/s1. The van der Waals surface area contributed by atoms with Crippen molar-refractivity contribution in [2.24, 2.45) is 0 Å². The van der Waals surface area contributed by atoms with Crippen LogP contribution < -0.4 is 23.8 Å². The Morgan fingerprint density at radius 1 is 0.743 bits per heavy atom. The molecule has 1 amide bonds. The third kappa shape index (κ3) is 4.26. The predicted octanol–water partition coefficient (Wildman–Crippen LogP) is 4.35. The van der Waals surface area contributed by atoms with Crippen LogP contribution in [0.2, 0.25) is 0 Å². The Morgan fingerprint density at radius 3 is 1.83 bits per heavy atom. The number of carbonyl (C=O) groups excluding carboxylic acids is 2. The van der Waals surface area contributed by atoms with Crippen LogP contribution in [-0.4, -0.2) is 45.2 Å². The van der Waals surface area contributed by atoms with Gasteiger partial charge in [0, 0.05) is 22.9 Å². The lowest BCUT2D eigenvalue weighted by Crippen LogP contribution is -2.29. The van der Waals surface area contributed by atoms with Gasteiger partial charge in [-0.2, -0.15) is 0 Å². The van der Waals surface area contributed by atoms with Crippen molar-refractivity contribution >= 4 is 23.1 Å². The topological polar surface area (TPSA) is 94.5 Å². The molecule has 35 heavy (non-hydrogen) atoms. The summed E-state index contributed by atoms with van der Waals surface area (Å²) in [5, 5.41) is 11.3. The average Bonchev–Trinajstić information content (AvgIpc) is 3.17. The maximum Gasteiger partial charge on any atom is 0.300 e. The number of aliphatic hydroxyl groups excluding tert-OH is 1. The number of carbonyl (C=O) groups is 2. The van der Waals surface area contributed by atoms with Crippen molar-refractivity contribution in [2.45, 2.75) is 6.04 Å². The molecule has 1 heterocycles. The van der Waals surface area contributed by atoms with E-state index in [2.05, 4.69) is 0 Å². The van der Waals surface area contributed by atoms with Crippen molar-refractivity contribution in [3.8, 4) is 23.0 Å². The molecule has 0 unspecified atom stereocenters. The second-order valence-electron chi connectivity index (χ2n) is 7.70. The summed E-state index contributed by atoms with van der Waals surface area (Å²) in [5.74, 6) is 0.253. The van der Waals surface area contributed by atoms with E-state index in [-0.39, 0.29) is 11.3 Å². The molecule has 1 atom stereocenters. The Kier molecular flexibility index (Phi) is 6.64. The molecule has 0 aromatic heterocycles. The SMILES string of the molecule is COc1ccc(/C(O)=C2\C(=O)C(=O)N(c3ccc(OC)cc3)[C@@H]2c2ccc(OC)cc2OC)cc1. The number of amides is 1. The summed E-state index contributed by atoms with van der Waals surface area (Å²) in [5.41, 5.74) is 1.29. The highest BCUT2D eigenvalue weighted by Crippen LogP contribution is 2.46. The maximum absolute atomic E-state index is 13.3. The zero-order valence-corrected chi connectivity index (χ0v) is 19.8. The van der Waals surface area contributed by atoms with Gasteiger partial charge in [-0.3, -0.25) is 14.5 Å². The molecule has 8 heteroatoms. The number of benzene rings is 3. The maximum atomic E-state index is 13.3. The zero-order valence-electron chi connectivity index (χ0n) is 19.8. The number of nitrogens with zero attached hydrogens (tertiary/aromatic N) is 1. The normalized spacial score (nSPS) is 16.8. The molecule has 1 saturated heterocycles. The summed E-state index contributed by atoms with van der Waals surface area (Å²) < 4.78 is 21.3. The summed E-state index contributed by atoms with van der Waals surface area (Å²) in [7, 11) is 6.09. The summed E-state index contributed by atoms with van der Waals surface area (Å²) in [4.78, 5) is 28.0. The van der Waals surface area contributed by atoms with Gasteiger partial charge >= 0.3 is 0 Å². The summed E-state index contributed by atoms with van der Waals surface area (Å²) in [6.45, 7) is 0. The molecule has 8 nitrogen and oxygen atoms in total. The third-order valence-corrected chi connectivity index (χ3v) is 5.89. The van der Waals surface area contributed by atoms with Crippen LogP contribution in [0.25, 0.3) is 5.76 Å². The highest BCUT2D eigenvalue weighted by Gasteiger charge is 2.48. The molecule has 0 aliphatic carbocycles.